The zero-order valence-corrected chi connectivity index (χ0v) is 16.1. The molecule has 0 unspecified atom stereocenters. The van der Waals surface area contributed by atoms with Crippen molar-refractivity contribution >= 4 is 11.9 Å². The summed E-state index contributed by atoms with van der Waals surface area (Å²) in [5.74, 6) is -0.727. The van der Waals surface area contributed by atoms with Crippen molar-refractivity contribution in [3.05, 3.63) is 77.9 Å². The minimum absolute atomic E-state index is 0.161. The lowest BCUT2D eigenvalue weighted by atomic mass is 9.78. The molecule has 0 aliphatic heterocycles. The maximum absolute atomic E-state index is 11.8. The van der Waals surface area contributed by atoms with Crippen molar-refractivity contribution in [3.63, 3.8) is 0 Å². The summed E-state index contributed by atoms with van der Waals surface area (Å²) >= 11 is 0. The van der Waals surface area contributed by atoms with Gasteiger partial charge in [0.05, 0.1) is 6.61 Å². The van der Waals surface area contributed by atoms with Crippen molar-refractivity contribution in [2.75, 3.05) is 6.61 Å². The van der Waals surface area contributed by atoms with Gasteiger partial charge in [-0.1, -0.05) is 69.7 Å². The lowest BCUT2D eigenvalue weighted by Gasteiger charge is -2.26. The number of unbranched alkanes of at least 4 members (excludes halogenated alkanes) is 1. The van der Waals surface area contributed by atoms with E-state index in [1.165, 1.54) is 5.56 Å². The zero-order valence-electron chi connectivity index (χ0n) is 16.1. The summed E-state index contributed by atoms with van der Waals surface area (Å²) in [6.45, 7) is 6.66. The fraction of sp³-hybridized carbons (Fsp3) is 0.304. The van der Waals surface area contributed by atoms with E-state index in [0.717, 1.165) is 30.6 Å². The lowest BCUT2D eigenvalue weighted by Crippen LogP contribution is -2.18. The molecule has 0 heterocycles. The van der Waals surface area contributed by atoms with Gasteiger partial charge in [0.15, 0.2) is 0 Å². The first-order chi connectivity index (χ1) is 12.9. The zero-order chi connectivity index (χ0) is 19.7. The van der Waals surface area contributed by atoms with E-state index in [9.17, 15) is 9.59 Å². The molecule has 0 saturated carbocycles. The highest BCUT2D eigenvalue weighted by atomic mass is 16.5. The number of hydrogen-bond acceptors (Lipinski definition) is 4. The number of benzene rings is 2. The molecule has 0 radical (unpaired) electrons. The Labute approximate surface area is 160 Å². The summed E-state index contributed by atoms with van der Waals surface area (Å²) in [5.41, 5.74) is 2.16. The average molecular weight is 366 g/mol. The molecule has 0 atom stereocenters. The number of hydrogen-bond donors (Lipinski definition) is 0. The largest absolute Gasteiger partial charge is 0.463 e. The highest BCUT2D eigenvalue weighted by molar-refractivity contribution is 5.92. The molecule has 2 aromatic rings. The van der Waals surface area contributed by atoms with E-state index in [4.69, 9.17) is 9.47 Å². The molecule has 0 saturated heterocycles. The molecule has 0 aliphatic carbocycles. The van der Waals surface area contributed by atoms with Crippen molar-refractivity contribution in [1.82, 2.24) is 0 Å². The van der Waals surface area contributed by atoms with Crippen LogP contribution >= 0.6 is 0 Å². The third-order valence-corrected chi connectivity index (χ3v) is 4.39. The average Bonchev–Trinajstić information content (AvgIpc) is 2.68. The first-order valence-corrected chi connectivity index (χ1v) is 9.16. The number of carbonyl (C=O) groups excluding carboxylic acids is 2. The highest BCUT2D eigenvalue weighted by Crippen LogP contribution is 2.32. The topological polar surface area (TPSA) is 52.6 Å². The van der Waals surface area contributed by atoms with Gasteiger partial charge in [-0.05, 0) is 29.7 Å². The standard InChI is InChI=1S/C23H26O4/c1-4-5-17-26-21(24)15-16-22(25)27-20-13-11-19(12-14-20)23(2,3)18-9-7-6-8-10-18/h6-16H,4-5,17H2,1-3H3/b16-15+. The van der Waals surface area contributed by atoms with Crippen molar-refractivity contribution in [2.45, 2.75) is 39.0 Å². The van der Waals surface area contributed by atoms with Gasteiger partial charge in [-0.3, -0.25) is 0 Å². The molecule has 0 aromatic heterocycles. The summed E-state index contributed by atoms with van der Waals surface area (Å²) in [6, 6.07) is 17.6. The van der Waals surface area contributed by atoms with Crippen LogP contribution < -0.4 is 4.74 Å². The Morgan fingerprint density at radius 3 is 2.11 bits per heavy atom. The third kappa shape index (κ3) is 6.10. The molecular weight excluding hydrogens is 340 g/mol. The molecule has 0 aliphatic rings. The Hall–Kier alpha value is -2.88. The molecule has 0 amide bonds. The second kappa shape index (κ2) is 9.72. The molecule has 27 heavy (non-hydrogen) atoms. The van der Waals surface area contributed by atoms with Crippen LogP contribution in [0.2, 0.25) is 0 Å². The van der Waals surface area contributed by atoms with E-state index >= 15 is 0 Å². The number of ether oxygens (including phenoxy) is 2. The smallest absolute Gasteiger partial charge is 0.336 e. The molecule has 4 nitrogen and oxygen atoms in total. The van der Waals surface area contributed by atoms with Gasteiger partial charge >= 0.3 is 11.9 Å². The first-order valence-electron chi connectivity index (χ1n) is 9.16. The van der Waals surface area contributed by atoms with Gasteiger partial charge < -0.3 is 9.47 Å². The number of esters is 2. The van der Waals surface area contributed by atoms with E-state index in [1.807, 2.05) is 37.3 Å². The van der Waals surface area contributed by atoms with Gasteiger partial charge in [0, 0.05) is 17.6 Å². The Morgan fingerprint density at radius 2 is 1.48 bits per heavy atom. The van der Waals surface area contributed by atoms with Gasteiger partial charge in [-0.2, -0.15) is 0 Å². The van der Waals surface area contributed by atoms with Crippen molar-refractivity contribution in [1.29, 1.82) is 0 Å². The van der Waals surface area contributed by atoms with Crippen LogP contribution in [0, 0.1) is 0 Å². The fourth-order valence-electron chi connectivity index (χ4n) is 2.61. The van der Waals surface area contributed by atoms with Crippen LogP contribution in [-0.4, -0.2) is 18.5 Å². The second-order valence-corrected chi connectivity index (χ2v) is 6.79. The van der Waals surface area contributed by atoms with Crippen molar-refractivity contribution in [3.8, 4) is 5.75 Å². The summed E-state index contributed by atoms with van der Waals surface area (Å²) in [7, 11) is 0. The van der Waals surface area contributed by atoms with Crippen molar-refractivity contribution < 1.29 is 19.1 Å². The van der Waals surface area contributed by atoms with Gasteiger partial charge in [-0.15, -0.1) is 0 Å². The maximum Gasteiger partial charge on any atom is 0.336 e. The van der Waals surface area contributed by atoms with Crippen molar-refractivity contribution in [2.24, 2.45) is 0 Å². The summed E-state index contributed by atoms with van der Waals surface area (Å²) < 4.78 is 10.2. The van der Waals surface area contributed by atoms with E-state index < -0.39 is 11.9 Å². The molecule has 0 spiro atoms. The number of carbonyl (C=O) groups is 2. The molecule has 2 aromatic carbocycles. The minimum atomic E-state index is -0.613. The van der Waals surface area contributed by atoms with E-state index in [2.05, 4.69) is 26.0 Å². The van der Waals surface area contributed by atoms with Crippen LogP contribution in [0.25, 0.3) is 0 Å². The minimum Gasteiger partial charge on any atom is -0.463 e. The molecule has 2 rings (SSSR count). The van der Waals surface area contributed by atoms with E-state index in [0.29, 0.717) is 12.4 Å². The van der Waals surface area contributed by atoms with Gasteiger partial charge in [0.25, 0.3) is 0 Å². The SMILES string of the molecule is CCCCOC(=O)/C=C/C(=O)Oc1ccc(C(C)(C)c2ccccc2)cc1. The lowest BCUT2D eigenvalue weighted by molar-refractivity contribution is -0.138. The van der Waals surface area contributed by atoms with Crippen LogP contribution in [0.5, 0.6) is 5.75 Å². The van der Waals surface area contributed by atoms with E-state index in [-0.39, 0.29) is 5.41 Å². The monoisotopic (exact) mass is 366 g/mol. The van der Waals surface area contributed by atoms with Crippen LogP contribution in [0.15, 0.2) is 66.7 Å². The summed E-state index contributed by atoms with van der Waals surface area (Å²) in [5, 5.41) is 0. The highest BCUT2D eigenvalue weighted by Gasteiger charge is 2.22. The first kappa shape index (κ1) is 20.4. The molecule has 4 heteroatoms. The predicted molar refractivity (Wildman–Crippen MR) is 106 cm³/mol. The Morgan fingerprint density at radius 1 is 0.889 bits per heavy atom. The van der Waals surface area contributed by atoms with Gasteiger partial charge in [0.2, 0.25) is 0 Å². The molecule has 0 N–H and O–H groups in total. The summed E-state index contributed by atoms with van der Waals surface area (Å²) in [6.07, 6.45) is 3.91. The van der Waals surface area contributed by atoms with Gasteiger partial charge in [-0.25, -0.2) is 9.59 Å². The van der Waals surface area contributed by atoms with E-state index in [1.54, 1.807) is 12.1 Å². The van der Waals surface area contributed by atoms with Crippen LogP contribution in [-0.2, 0) is 19.7 Å². The van der Waals surface area contributed by atoms with Crippen LogP contribution in [0.1, 0.15) is 44.7 Å². The van der Waals surface area contributed by atoms with Crippen LogP contribution in [0.4, 0.5) is 0 Å². The quantitative estimate of drug-likeness (QED) is 0.291. The third-order valence-electron chi connectivity index (χ3n) is 4.39. The Kier molecular flexibility index (Phi) is 7.35. The Bertz CT molecular complexity index is 774. The molecule has 142 valence electrons. The fourth-order valence-corrected chi connectivity index (χ4v) is 2.61. The summed E-state index contributed by atoms with van der Waals surface area (Å²) in [4.78, 5) is 23.3. The normalized spacial score (nSPS) is 11.4. The molecule has 0 fully saturated rings. The Balaban J connectivity index is 1.95. The second-order valence-electron chi connectivity index (χ2n) is 6.79. The predicted octanol–water partition coefficient (Wildman–Crippen LogP) is 4.82. The number of rotatable bonds is 8. The van der Waals surface area contributed by atoms with Crippen LogP contribution in [0.3, 0.4) is 0 Å². The maximum atomic E-state index is 11.8. The molecular formula is C23H26O4. The molecule has 0 bridgehead atoms. The van der Waals surface area contributed by atoms with Gasteiger partial charge in [0.1, 0.15) is 5.75 Å².